The van der Waals surface area contributed by atoms with E-state index in [0.717, 1.165) is 17.1 Å². The van der Waals surface area contributed by atoms with Crippen LogP contribution in [0.1, 0.15) is 11.1 Å². The summed E-state index contributed by atoms with van der Waals surface area (Å²) < 4.78 is 5.10. The van der Waals surface area contributed by atoms with E-state index < -0.39 is 0 Å². The van der Waals surface area contributed by atoms with Crippen molar-refractivity contribution in [3.63, 3.8) is 0 Å². The second-order valence-electron chi connectivity index (χ2n) is 5.48. The van der Waals surface area contributed by atoms with Gasteiger partial charge in [0.05, 0.1) is 13.7 Å². The second-order valence-corrected chi connectivity index (χ2v) is 5.48. The first-order valence-corrected chi connectivity index (χ1v) is 7.21. The molecule has 0 aliphatic heterocycles. The van der Waals surface area contributed by atoms with Gasteiger partial charge in [-0.05, 0) is 61.4 Å². The van der Waals surface area contributed by atoms with Crippen molar-refractivity contribution >= 4 is 17.3 Å². The molecule has 4 nitrogen and oxygen atoms in total. The standard InChI is InChI=1S/C18H22N2O2/c1-13-9-14(2)11-16(10-13)20(3)12-18(21)19-15-5-7-17(22-4)8-6-15/h5-11H,12H2,1-4H3,(H,19,21). The summed E-state index contributed by atoms with van der Waals surface area (Å²) >= 11 is 0. The molecule has 0 saturated carbocycles. The highest BCUT2D eigenvalue weighted by molar-refractivity contribution is 5.94. The first-order valence-electron chi connectivity index (χ1n) is 7.21. The number of methoxy groups -OCH3 is 1. The van der Waals surface area contributed by atoms with Gasteiger partial charge in [0.15, 0.2) is 0 Å². The zero-order chi connectivity index (χ0) is 16.1. The third-order valence-electron chi connectivity index (χ3n) is 3.40. The van der Waals surface area contributed by atoms with Gasteiger partial charge in [-0.25, -0.2) is 0 Å². The number of carbonyl (C=O) groups is 1. The number of nitrogens with zero attached hydrogens (tertiary/aromatic N) is 1. The fourth-order valence-corrected chi connectivity index (χ4v) is 2.35. The van der Waals surface area contributed by atoms with Crippen LogP contribution in [0.3, 0.4) is 0 Å². The molecule has 0 unspecified atom stereocenters. The van der Waals surface area contributed by atoms with E-state index in [1.807, 2.05) is 36.2 Å². The van der Waals surface area contributed by atoms with Gasteiger partial charge in [0.25, 0.3) is 0 Å². The number of rotatable bonds is 5. The molecule has 0 radical (unpaired) electrons. The lowest BCUT2D eigenvalue weighted by molar-refractivity contribution is -0.114. The molecule has 0 bridgehead atoms. The lowest BCUT2D eigenvalue weighted by Gasteiger charge is -2.20. The Labute approximate surface area is 131 Å². The summed E-state index contributed by atoms with van der Waals surface area (Å²) in [5.74, 6) is 0.720. The van der Waals surface area contributed by atoms with Crippen LogP contribution in [-0.4, -0.2) is 26.6 Å². The first-order chi connectivity index (χ1) is 10.5. The molecule has 0 aliphatic carbocycles. The molecule has 2 aromatic rings. The lowest BCUT2D eigenvalue weighted by atomic mass is 10.1. The van der Waals surface area contributed by atoms with E-state index in [9.17, 15) is 4.79 Å². The van der Waals surface area contributed by atoms with Gasteiger partial charge >= 0.3 is 0 Å². The molecule has 0 saturated heterocycles. The highest BCUT2D eigenvalue weighted by Gasteiger charge is 2.09. The number of ether oxygens (including phenoxy) is 1. The van der Waals surface area contributed by atoms with E-state index in [1.165, 1.54) is 11.1 Å². The predicted molar refractivity (Wildman–Crippen MR) is 90.8 cm³/mol. The molecule has 0 atom stereocenters. The van der Waals surface area contributed by atoms with Crippen molar-refractivity contribution in [2.45, 2.75) is 13.8 Å². The van der Waals surface area contributed by atoms with Crippen LogP contribution in [0.4, 0.5) is 11.4 Å². The summed E-state index contributed by atoms with van der Waals surface area (Å²) in [5.41, 5.74) is 4.19. The third-order valence-corrected chi connectivity index (χ3v) is 3.40. The average Bonchev–Trinajstić information content (AvgIpc) is 2.47. The molecule has 0 fully saturated rings. The van der Waals surface area contributed by atoms with Gasteiger partial charge in [0.2, 0.25) is 5.91 Å². The Morgan fingerprint density at radius 1 is 1.09 bits per heavy atom. The molecule has 1 N–H and O–H groups in total. The molecule has 0 spiro atoms. The Hall–Kier alpha value is -2.49. The van der Waals surface area contributed by atoms with Gasteiger partial charge < -0.3 is 15.0 Å². The molecule has 0 heterocycles. The number of hydrogen-bond donors (Lipinski definition) is 1. The largest absolute Gasteiger partial charge is 0.497 e. The van der Waals surface area contributed by atoms with E-state index in [4.69, 9.17) is 4.74 Å². The van der Waals surface area contributed by atoms with Gasteiger partial charge in [-0.1, -0.05) is 6.07 Å². The SMILES string of the molecule is COc1ccc(NC(=O)CN(C)c2cc(C)cc(C)c2)cc1. The lowest BCUT2D eigenvalue weighted by Crippen LogP contribution is -2.30. The van der Waals surface area contributed by atoms with Crippen molar-refractivity contribution < 1.29 is 9.53 Å². The van der Waals surface area contributed by atoms with E-state index in [1.54, 1.807) is 7.11 Å². The number of benzene rings is 2. The van der Waals surface area contributed by atoms with E-state index >= 15 is 0 Å². The molecule has 116 valence electrons. The quantitative estimate of drug-likeness (QED) is 0.920. The Balaban J connectivity index is 1.98. The van der Waals surface area contributed by atoms with Crippen LogP contribution in [0.25, 0.3) is 0 Å². The van der Waals surface area contributed by atoms with Crippen molar-refractivity contribution in [3.05, 3.63) is 53.6 Å². The maximum absolute atomic E-state index is 12.1. The van der Waals surface area contributed by atoms with Crippen molar-refractivity contribution in [2.75, 3.05) is 30.9 Å². The van der Waals surface area contributed by atoms with Crippen molar-refractivity contribution in [3.8, 4) is 5.75 Å². The number of anilines is 2. The molecule has 0 aliphatic rings. The summed E-state index contributed by atoms with van der Waals surface area (Å²) in [6, 6.07) is 13.6. The highest BCUT2D eigenvalue weighted by atomic mass is 16.5. The van der Waals surface area contributed by atoms with Crippen molar-refractivity contribution in [1.29, 1.82) is 0 Å². The number of aryl methyl sites for hydroxylation is 2. The summed E-state index contributed by atoms with van der Waals surface area (Å²) in [6.45, 7) is 4.42. The topological polar surface area (TPSA) is 41.6 Å². The molecule has 2 rings (SSSR count). The Morgan fingerprint density at radius 3 is 2.23 bits per heavy atom. The number of nitrogens with one attached hydrogen (secondary N) is 1. The van der Waals surface area contributed by atoms with Crippen LogP contribution in [0.5, 0.6) is 5.75 Å². The van der Waals surface area contributed by atoms with Gasteiger partial charge in [0.1, 0.15) is 5.75 Å². The normalized spacial score (nSPS) is 10.2. The molecule has 2 aromatic carbocycles. The average molecular weight is 298 g/mol. The number of carbonyl (C=O) groups excluding carboxylic acids is 1. The number of likely N-dealkylation sites (N-methyl/N-ethyl adjacent to an activating group) is 1. The number of hydrogen-bond acceptors (Lipinski definition) is 3. The predicted octanol–water partition coefficient (Wildman–Crippen LogP) is 3.39. The molecule has 22 heavy (non-hydrogen) atoms. The third kappa shape index (κ3) is 4.25. The summed E-state index contributed by atoms with van der Waals surface area (Å²) in [5, 5.41) is 2.89. The summed E-state index contributed by atoms with van der Waals surface area (Å²) in [6.07, 6.45) is 0. The van der Waals surface area contributed by atoms with Gasteiger partial charge in [-0.15, -0.1) is 0 Å². The summed E-state index contributed by atoms with van der Waals surface area (Å²) in [4.78, 5) is 14.1. The zero-order valence-corrected chi connectivity index (χ0v) is 13.5. The van der Waals surface area contributed by atoms with E-state index in [2.05, 4.69) is 37.4 Å². The van der Waals surface area contributed by atoms with Crippen molar-refractivity contribution in [2.24, 2.45) is 0 Å². The maximum atomic E-state index is 12.1. The second kappa shape index (κ2) is 6.98. The smallest absolute Gasteiger partial charge is 0.243 e. The molecule has 0 aromatic heterocycles. The minimum atomic E-state index is -0.0492. The highest BCUT2D eigenvalue weighted by Crippen LogP contribution is 2.18. The van der Waals surface area contributed by atoms with Gasteiger partial charge in [0, 0.05) is 18.4 Å². The fraction of sp³-hybridized carbons (Fsp3) is 0.278. The van der Waals surface area contributed by atoms with Crippen LogP contribution >= 0.6 is 0 Å². The van der Waals surface area contributed by atoms with Gasteiger partial charge in [-0.3, -0.25) is 4.79 Å². The molecular weight excluding hydrogens is 276 g/mol. The Bertz CT molecular complexity index is 630. The molecule has 1 amide bonds. The fourth-order valence-electron chi connectivity index (χ4n) is 2.35. The van der Waals surface area contributed by atoms with Crippen LogP contribution in [0.15, 0.2) is 42.5 Å². The van der Waals surface area contributed by atoms with E-state index in [0.29, 0.717) is 6.54 Å². The zero-order valence-electron chi connectivity index (χ0n) is 13.5. The van der Waals surface area contributed by atoms with Crippen LogP contribution in [-0.2, 0) is 4.79 Å². The maximum Gasteiger partial charge on any atom is 0.243 e. The van der Waals surface area contributed by atoms with Gasteiger partial charge in [-0.2, -0.15) is 0 Å². The Morgan fingerprint density at radius 2 is 1.68 bits per heavy atom. The molecular formula is C18H22N2O2. The van der Waals surface area contributed by atoms with Crippen LogP contribution in [0.2, 0.25) is 0 Å². The first kappa shape index (κ1) is 15.9. The molecule has 4 heteroatoms. The van der Waals surface area contributed by atoms with Crippen LogP contribution in [0, 0.1) is 13.8 Å². The van der Waals surface area contributed by atoms with E-state index in [-0.39, 0.29) is 5.91 Å². The minimum Gasteiger partial charge on any atom is -0.497 e. The minimum absolute atomic E-state index is 0.0492. The monoisotopic (exact) mass is 298 g/mol. The number of amides is 1. The van der Waals surface area contributed by atoms with Crippen molar-refractivity contribution in [1.82, 2.24) is 0 Å². The van der Waals surface area contributed by atoms with Crippen LogP contribution < -0.4 is 15.0 Å². The Kier molecular flexibility index (Phi) is 5.04. The summed E-state index contributed by atoms with van der Waals surface area (Å²) in [7, 11) is 3.54.